The van der Waals surface area contributed by atoms with Crippen molar-refractivity contribution in [2.45, 2.75) is 0 Å². The lowest BCUT2D eigenvalue weighted by Gasteiger charge is -2.12. The highest BCUT2D eigenvalue weighted by Crippen LogP contribution is 2.34. The number of nitrogens with two attached hydrogens (primary N) is 2. The molecule has 5 aromatic rings. The van der Waals surface area contributed by atoms with Crippen molar-refractivity contribution < 1.29 is 9.13 Å². The molecule has 2 heterocycles. The zero-order valence-electron chi connectivity index (χ0n) is 15.6. The summed E-state index contributed by atoms with van der Waals surface area (Å²) in [6, 6.07) is 14.0. The Morgan fingerprint density at radius 2 is 1.87 bits per heavy atom. The highest BCUT2D eigenvalue weighted by molar-refractivity contribution is 5.86. The Kier molecular flexibility index (Phi) is 4.06. The Morgan fingerprint density at radius 3 is 2.77 bits per heavy atom. The van der Waals surface area contributed by atoms with Crippen LogP contribution < -0.4 is 21.5 Å². The summed E-state index contributed by atoms with van der Waals surface area (Å²) in [6.07, 6.45) is 3.41. The van der Waals surface area contributed by atoms with E-state index in [1.807, 2.05) is 24.3 Å². The number of halogens is 1. The molecule has 0 unspecified atom stereocenters. The summed E-state index contributed by atoms with van der Waals surface area (Å²) in [4.78, 5) is 8.90. The zero-order chi connectivity index (χ0) is 20.7. The minimum absolute atomic E-state index is 0.0352. The lowest BCUT2D eigenvalue weighted by atomic mass is 10.2. The van der Waals surface area contributed by atoms with Gasteiger partial charge in [-0.05, 0) is 36.4 Å². The van der Waals surface area contributed by atoms with E-state index in [2.05, 4.69) is 25.5 Å². The number of para-hydroxylation sites is 1. The van der Waals surface area contributed by atoms with Crippen LogP contribution >= 0.6 is 0 Å². The normalized spacial score (nSPS) is 11.1. The Hall–Kier alpha value is -4.40. The average Bonchev–Trinajstić information content (AvgIpc) is 3.22. The molecule has 0 radical (unpaired) electrons. The summed E-state index contributed by atoms with van der Waals surface area (Å²) in [5.74, 6) is -0.0148. The number of nitrogen functional groups attached to an aromatic ring is 2. The van der Waals surface area contributed by atoms with Crippen LogP contribution in [0.1, 0.15) is 0 Å². The Labute approximate surface area is 169 Å². The third-order valence-corrected chi connectivity index (χ3v) is 4.67. The molecular formula is C21H16FN7O. The number of benzene rings is 3. The molecule has 0 fully saturated rings. The zero-order valence-corrected chi connectivity index (χ0v) is 15.6. The minimum atomic E-state index is -0.715. The summed E-state index contributed by atoms with van der Waals surface area (Å²) in [5.41, 5.74) is 13.5. The second kappa shape index (κ2) is 6.89. The van der Waals surface area contributed by atoms with Crippen molar-refractivity contribution in [1.29, 1.82) is 0 Å². The van der Waals surface area contributed by atoms with Crippen LogP contribution in [0.2, 0.25) is 0 Å². The Balaban J connectivity index is 1.51. The average molecular weight is 401 g/mol. The molecule has 30 heavy (non-hydrogen) atoms. The molecular weight excluding hydrogens is 385 g/mol. The number of hydrogen-bond donors (Lipinski definition) is 4. The third-order valence-electron chi connectivity index (χ3n) is 4.67. The number of ether oxygens (including phenoxy) is 1. The summed E-state index contributed by atoms with van der Waals surface area (Å²) in [7, 11) is 0. The summed E-state index contributed by atoms with van der Waals surface area (Å²) < 4.78 is 20.2. The standard InChI is InChI=1S/C21H16FN7O/c22-18-16(7-6-14(23)19(18)24)30-17-3-1-2-12-9-25-21(28-20(12)17)27-13-5-4-11-10-26-29-15(11)8-13/h1-10H,23-24H2,(H,26,29)(H,25,27,28). The predicted octanol–water partition coefficient (Wildman–Crippen LogP) is 4.35. The fourth-order valence-corrected chi connectivity index (χ4v) is 3.10. The minimum Gasteiger partial charge on any atom is -0.452 e. The molecule has 9 heteroatoms. The molecule has 148 valence electrons. The largest absolute Gasteiger partial charge is 0.452 e. The summed E-state index contributed by atoms with van der Waals surface area (Å²) in [6.45, 7) is 0. The smallest absolute Gasteiger partial charge is 0.227 e. The molecule has 0 spiro atoms. The quantitative estimate of drug-likeness (QED) is 0.330. The fourth-order valence-electron chi connectivity index (χ4n) is 3.10. The first-order chi connectivity index (χ1) is 14.6. The molecule has 0 aliphatic carbocycles. The van der Waals surface area contributed by atoms with E-state index in [4.69, 9.17) is 16.2 Å². The van der Waals surface area contributed by atoms with Crippen LogP contribution in [0.5, 0.6) is 11.5 Å². The van der Waals surface area contributed by atoms with E-state index < -0.39 is 5.82 Å². The van der Waals surface area contributed by atoms with Gasteiger partial charge in [-0.15, -0.1) is 0 Å². The Bertz CT molecular complexity index is 1400. The number of nitrogens with zero attached hydrogens (tertiary/aromatic N) is 3. The van der Waals surface area contributed by atoms with E-state index in [0.717, 1.165) is 22.0 Å². The van der Waals surface area contributed by atoms with Gasteiger partial charge in [-0.2, -0.15) is 5.10 Å². The number of rotatable bonds is 4. The van der Waals surface area contributed by atoms with Gasteiger partial charge in [-0.3, -0.25) is 5.10 Å². The van der Waals surface area contributed by atoms with Gasteiger partial charge in [0.1, 0.15) is 5.52 Å². The topological polar surface area (TPSA) is 128 Å². The van der Waals surface area contributed by atoms with Crippen LogP contribution in [0.3, 0.4) is 0 Å². The van der Waals surface area contributed by atoms with Crippen molar-refractivity contribution in [2.24, 2.45) is 0 Å². The molecule has 0 bridgehead atoms. The van der Waals surface area contributed by atoms with Gasteiger partial charge in [-0.1, -0.05) is 12.1 Å². The van der Waals surface area contributed by atoms with Gasteiger partial charge in [0, 0.05) is 22.7 Å². The lowest BCUT2D eigenvalue weighted by molar-refractivity contribution is 0.447. The number of fused-ring (bicyclic) bond motifs is 2. The molecule has 3 aromatic carbocycles. The van der Waals surface area contributed by atoms with Crippen LogP contribution in [-0.4, -0.2) is 20.2 Å². The predicted molar refractivity (Wildman–Crippen MR) is 114 cm³/mol. The van der Waals surface area contributed by atoms with E-state index in [1.54, 1.807) is 24.5 Å². The van der Waals surface area contributed by atoms with E-state index in [-0.39, 0.29) is 17.1 Å². The molecule has 0 aliphatic heterocycles. The van der Waals surface area contributed by atoms with E-state index in [0.29, 0.717) is 17.2 Å². The Morgan fingerprint density at radius 1 is 0.967 bits per heavy atom. The molecule has 0 saturated carbocycles. The fraction of sp³-hybridized carbons (Fsp3) is 0. The van der Waals surface area contributed by atoms with Crippen LogP contribution in [-0.2, 0) is 0 Å². The van der Waals surface area contributed by atoms with Crippen molar-refractivity contribution >= 4 is 44.8 Å². The van der Waals surface area contributed by atoms with Crippen molar-refractivity contribution in [1.82, 2.24) is 20.2 Å². The van der Waals surface area contributed by atoms with Crippen LogP contribution in [0.4, 0.5) is 27.4 Å². The number of nitrogens with one attached hydrogen (secondary N) is 2. The molecule has 8 nitrogen and oxygen atoms in total. The number of anilines is 4. The molecule has 2 aromatic heterocycles. The van der Waals surface area contributed by atoms with E-state index in [9.17, 15) is 4.39 Å². The third kappa shape index (κ3) is 3.08. The maximum atomic E-state index is 14.4. The van der Waals surface area contributed by atoms with Gasteiger partial charge in [0.15, 0.2) is 17.3 Å². The van der Waals surface area contributed by atoms with E-state index in [1.165, 1.54) is 12.1 Å². The van der Waals surface area contributed by atoms with Crippen molar-refractivity contribution in [3.63, 3.8) is 0 Å². The maximum absolute atomic E-state index is 14.4. The van der Waals surface area contributed by atoms with Gasteiger partial charge < -0.3 is 21.5 Å². The van der Waals surface area contributed by atoms with Gasteiger partial charge in [-0.25, -0.2) is 14.4 Å². The number of hydrogen-bond acceptors (Lipinski definition) is 7. The van der Waals surface area contributed by atoms with Gasteiger partial charge in [0.25, 0.3) is 0 Å². The monoisotopic (exact) mass is 401 g/mol. The summed E-state index contributed by atoms with van der Waals surface area (Å²) >= 11 is 0. The van der Waals surface area contributed by atoms with Crippen LogP contribution in [0.15, 0.2) is 60.9 Å². The lowest BCUT2D eigenvalue weighted by Crippen LogP contribution is -2.01. The van der Waals surface area contributed by atoms with Crippen molar-refractivity contribution in [3.8, 4) is 11.5 Å². The molecule has 0 aliphatic rings. The maximum Gasteiger partial charge on any atom is 0.227 e. The molecule has 0 saturated heterocycles. The van der Waals surface area contributed by atoms with Crippen LogP contribution in [0.25, 0.3) is 21.8 Å². The number of aromatic amines is 1. The highest BCUT2D eigenvalue weighted by atomic mass is 19.1. The molecule has 0 atom stereocenters. The van der Waals surface area contributed by atoms with Gasteiger partial charge >= 0.3 is 0 Å². The van der Waals surface area contributed by atoms with Gasteiger partial charge in [0.05, 0.1) is 23.1 Å². The SMILES string of the molecule is Nc1ccc(Oc2cccc3cnc(Nc4ccc5cn[nH]c5c4)nc23)c(F)c1N. The molecule has 5 rings (SSSR count). The molecule has 0 amide bonds. The van der Waals surface area contributed by atoms with Gasteiger partial charge in [0.2, 0.25) is 5.95 Å². The first kappa shape index (κ1) is 17.7. The van der Waals surface area contributed by atoms with Crippen LogP contribution in [0, 0.1) is 5.82 Å². The van der Waals surface area contributed by atoms with Crippen molar-refractivity contribution in [3.05, 3.63) is 66.7 Å². The first-order valence-electron chi connectivity index (χ1n) is 9.06. The van der Waals surface area contributed by atoms with Crippen molar-refractivity contribution in [2.75, 3.05) is 16.8 Å². The highest BCUT2D eigenvalue weighted by Gasteiger charge is 2.14. The second-order valence-corrected chi connectivity index (χ2v) is 6.67. The van der Waals surface area contributed by atoms with E-state index >= 15 is 0 Å². The second-order valence-electron chi connectivity index (χ2n) is 6.67. The first-order valence-corrected chi connectivity index (χ1v) is 9.06. The number of aromatic nitrogens is 4. The summed E-state index contributed by atoms with van der Waals surface area (Å²) in [5, 5.41) is 11.8. The molecule has 6 N–H and O–H groups in total. The number of H-pyrrole nitrogens is 1.